The van der Waals surface area contributed by atoms with Crippen molar-refractivity contribution in [2.75, 3.05) is 7.11 Å². The van der Waals surface area contributed by atoms with Gasteiger partial charge in [0.2, 0.25) is 0 Å². The molecule has 6 heteroatoms. The van der Waals surface area contributed by atoms with E-state index in [2.05, 4.69) is 4.98 Å². The highest BCUT2D eigenvalue weighted by Crippen LogP contribution is 2.45. The highest BCUT2D eigenvalue weighted by Gasteiger charge is 2.49. The maximum Gasteiger partial charge on any atom is 0.295 e. The third-order valence-electron chi connectivity index (χ3n) is 5.59. The number of carbonyl (C=O) groups excluding carboxylic acids is 2. The monoisotopic (exact) mass is 378 g/mol. The van der Waals surface area contributed by atoms with Crippen molar-refractivity contribution in [3.63, 3.8) is 0 Å². The molecule has 28 heavy (non-hydrogen) atoms. The lowest BCUT2D eigenvalue weighted by Gasteiger charge is -2.31. The summed E-state index contributed by atoms with van der Waals surface area (Å²) in [5.74, 6) is -0.814. The molecule has 1 aromatic carbocycles. The molecule has 2 fully saturated rings. The van der Waals surface area contributed by atoms with E-state index in [0.29, 0.717) is 16.9 Å². The SMILES string of the molecule is COc1ccccc1C1/C(=C(/O)c2ccncc2)C(=O)C(=O)N1C1CCCC1. The summed E-state index contributed by atoms with van der Waals surface area (Å²) in [4.78, 5) is 31.6. The Hall–Kier alpha value is -3.15. The summed E-state index contributed by atoms with van der Waals surface area (Å²) in [6, 6.07) is 9.89. The van der Waals surface area contributed by atoms with Crippen LogP contribution < -0.4 is 4.74 Å². The molecule has 0 radical (unpaired) electrons. The number of aromatic nitrogens is 1. The van der Waals surface area contributed by atoms with Gasteiger partial charge in [-0.3, -0.25) is 14.6 Å². The first-order valence-electron chi connectivity index (χ1n) is 9.47. The van der Waals surface area contributed by atoms with Gasteiger partial charge in [-0.1, -0.05) is 31.0 Å². The predicted octanol–water partition coefficient (Wildman–Crippen LogP) is 3.45. The molecule has 6 nitrogen and oxygen atoms in total. The minimum absolute atomic E-state index is 0.0193. The number of ether oxygens (including phenoxy) is 1. The Morgan fingerprint density at radius 3 is 2.46 bits per heavy atom. The van der Waals surface area contributed by atoms with E-state index in [-0.39, 0.29) is 17.4 Å². The Bertz CT molecular complexity index is 933. The van der Waals surface area contributed by atoms with Crippen LogP contribution in [0.1, 0.15) is 42.9 Å². The van der Waals surface area contributed by atoms with Crippen molar-refractivity contribution in [1.29, 1.82) is 0 Å². The van der Waals surface area contributed by atoms with Gasteiger partial charge < -0.3 is 14.7 Å². The van der Waals surface area contributed by atoms with Crippen molar-refractivity contribution in [3.8, 4) is 5.75 Å². The van der Waals surface area contributed by atoms with Gasteiger partial charge in [-0.05, 0) is 31.0 Å². The van der Waals surface area contributed by atoms with E-state index in [9.17, 15) is 14.7 Å². The van der Waals surface area contributed by atoms with E-state index in [1.165, 1.54) is 0 Å². The van der Waals surface area contributed by atoms with Crippen LogP contribution in [0.15, 0.2) is 54.4 Å². The summed E-state index contributed by atoms with van der Waals surface area (Å²) in [7, 11) is 1.56. The van der Waals surface area contributed by atoms with Gasteiger partial charge in [-0.25, -0.2) is 0 Å². The highest BCUT2D eigenvalue weighted by atomic mass is 16.5. The Morgan fingerprint density at radius 1 is 1.11 bits per heavy atom. The number of ketones is 1. The molecular formula is C22H22N2O4. The van der Waals surface area contributed by atoms with Crippen molar-refractivity contribution in [1.82, 2.24) is 9.88 Å². The predicted molar refractivity (Wildman–Crippen MR) is 104 cm³/mol. The van der Waals surface area contributed by atoms with Crippen LogP contribution in [0.25, 0.3) is 5.76 Å². The number of hydrogen-bond acceptors (Lipinski definition) is 5. The number of hydrogen-bond donors (Lipinski definition) is 1. The van der Waals surface area contributed by atoms with Crippen molar-refractivity contribution in [2.45, 2.75) is 37.8 Å². The average molecular weight is 378 g/mol. The number of pyridine rings is 1. The van der Waals surface area contributed by atoms with Crippen LogP contribution in [-0.2, 0) is 9.59 Å². The number of carbonyl (C=O) groups is 2. The zero-order valence-electron chi connectivity index (χ0n) is 15.7. The second kappa shape index (κ2) is 7.46. The van der Waals surface area contributed by atoms with E-state index < -0.39 is 17.7 Å². The summed E-state index contributed by atoms with van der Waals surface area (Å²) in [5.41, 5.74) is 1.26. The van der Waals surface area contributed by atoms with E-state index in [4.69, 9.17) is 4.74 Å². The van der Waals surface area contributed by atoms with Crippen molar-refractivity contribution in [3.05, 3.63) is 65.5 Å². The van der Waals surface area contributed by atoms with E-state index in [0.717, 1.165) is 25.7 Å². The zero-order chi connectivity index (χ0) is 19.7. The molecule has 144 valence electrons. The number of rotatable bonds is 4. The third-order valence-corrected chi connectivity index (χ3v) is 5.59. The normalized spacial score (nSPS) is 22.0. The molecule has 1 aliphatic heterocycles. The van der Waals surface area contributed by atoms with Crippen LogP contribution in [0.2, 0.25) is 0 Å². The number of Topliss-reactive ketones (excluding diaryl/α,β-unsaturated/α-hetero) is 1. The molecule has 0 spiro atoms. The Kier molecular flexibility index (Phi) is 4.86. The summed E-state index contributed by atoms with van der Waals surface area (Å²) in [6.45, 7) is 0. The number of aliphatic hydroxyl groups is 1. The van der Waals surface area contributed by atoms with E-state index >= 15 is 0 Å². The largest absolute Gasteiger partial charge is 0.507 e. The van der Waals surface area contributed by atoms with E-state index in [1.807, 2.05) is 18.2 Å². The lowest BCUT2D eigenvalue weighted by Crippen LogP contribution is -2.37. The lowest BCUT2D eigenvalue weighted by atomic mass is 9.94. The Labute approximate surface area is 163 Å². The molecular weight excluding hydrogens is 356 g/mol. The number of nitrogens with zero attached hydrogens (tertiary/aromatic N) is 2. The summed E-state index contributed by atoms with van der Waals surface area (Å²) in [6.07, 6.45) is 6.84. The first-order chi connectivity index (χ1) is 13.6. The van der Waals surface area contributed by atoms with Gasteiger partial charge in [0.15, 0.2) is 0 Å². The van der Waals surface area contributed by atoms with Crippen LogP contribution in [0, 0.1) is 0 Å². The van der Waals surface area contributed by atoms with Crippen LogP contribution in [0.5, 0.6) is 5.75 Å². The lowest BCUT2D eigenvalue weighted by molar-refractivity contribution is -0.141. The van der Waals surface area contributed by atoms with Crippen LogP contribution in [0.3, 0.4) is 0 Å². The molecule has 1 unspecified atom stereocenters. The summed E-state index contributed by atoms with van der Waals surface area (Å²) in [5, 5.41) is 11.0. The summed E-state index contributed by atoms with van der Waals surface area (Å²) >= 11 is 0. The van der Waals surface area contributed by atoms with Crippen molar-refractivity contribution >= 4 is 17.4 Å². The molecule has 1 atom stereocenters. The van der Waals surface area contributed by atoms with Crippen molar-refractivity contribution < 1.29 is 19.4 Å². The molecule has 1 saturated heterocycles. The molecule has 2 aliphatic rings. The van der Waals surface area contributed by atoms with Gasteiger partial charge in [0.1, 0.15) is 11.5 Å². The molecule has 0 bridgehead atoms. The van der Waals surface area contributed by atoms with Crippen molar-refractivity contribution in [2.24, 2.45) is 0 Å². The van der Waals surface area contributed by atoms with Gasteiger partial charge in [-0.15, -0.1) is 0 Å². The molecule has 2 aromatic rings. The smallest absolute Gasteiger partial charge is 0.295 e. The molecule has 2 heterocycles. The minimum Gasteiger partial charge on any atom is -0.507 e. The fourth-order valence-electron chi connectivity index (χ4n) is 4.27. The number of amides is 1. The molecule has 1 N–H and O–H groups in total. The average Bonchev–Trinajstić information content (AvgIpc) is 3.35. The Balaban J connectivity index is 1.93. The molecule has 1 aromatic heterocycles. The first-order valence-corrected chi connectivity index (χ1v) is 9.47. The molecule has 1 amide bonds. The standard InChI is InChI=1S/C22H22N2O4/c1-28-17-9-5-4-8-16(17)19-18(20(25)14-10-12-23-13-11-14)21(26)22(27)24(19)15-6-2-3-7-15/h4-5,8-13,15,19,25H,2-3,6-7H2,1H3/b20-18-. The topological polar surface area (TPSA) is 79.7 Å². The number of likely N-dealkylation sites (tertiary alicyclic amines) is 1. The van der Waals surface area contributed by atoms with Gasteiger partial charge in [0.25, 0.3) is 11.7 Å². The summed E-state index contributed by atoms with van der Waals surface area (Å²) < 4.78 is 5.51. The van der Waals surface area contributed by atoms with Gasteiger partial charge >= 0.3 is 0 Å². The Morgan fingerprint density at radius 2 is 1.79 bits per heavy atom. The number of methoxy groups -OCH3 is 1. The molecule has 1 saturated carbocycles. The molecule has 4 rings (SSSR count). The highest BCUT2D eigenvalue weighted by molar-refractivity contribution is 6.46. The van der Waals surface area contributed by atoms with Crippen LogP contribution in [0.4, 0.5) is 0 Å². The zero-order valence-corrected chi connectivity index (χ0v) is 15.7. The second-order valence-corrected chi connectivity index (χ2v) is 7.12. The third kappa shape index (κ3) is 2.95. The number of benzene rings is 1. The fourth-order valence-corrected chi connectivity index (χ4v) is 4.27. The quantitative estimate of drug-likeness (QED) is 0.501. The maximum absolute atomic E-state index is 13.0. The van der Waals surface area contributed by atoms with Gasteiger partial charge in [0.05, 0.1) is 18.7 Å². The van der Waals surface area contributed by atoms with E-state index in [1.54, 1.807) is 42.6 Å². The molecule has 1 aliphatic carbocycles. The fraction of sp³-hybridized carbons (Fsp3) is 0.318. The number of aliphatic hydroxyl groups excluding tert-OH is 1. The first kappa shape index (κ1) is 18.2. The maximum atomic E-state index is 13.0. The second-order valence-electron chi connectivity index (χ2n) is 7.12. The van der Waals surface area contributed by atoms with Gasteiger partial charge in [-0.2, -0.15) is 0 Å². The van der Waals surface area contributed by atoms with Crippen LogP contribution in [-0.4, -0.2) is 39.8 Å². The van der Waals surface area contributed by atoms with Gasteiger partial charge in [0, 0.05) is 29.6 Å². The number of para-hydroxylation sites is 1. The van der Waals surface area contributed by atoms with Crippen LogP contribution >= 0.6 is 0 Å². The minimum atomic E-state index is -0.674.